The van der Waals surface area contributed by atoms with Gasteiger partial charge in [-0.2, -0.15) is 0 Å². The van der Waals surface area contributed by atoms with Gasteiger partial charge in [0.15, 0.2) is 0 Å². The summed E-state index contributed by atoms with van der Waals surface area (Å²) in [7, 11) is 0. The number of rotatable bonds is 2. The van der Waals surface area contributed by atoms with Crippen LogP contribution in [0.2, 0.25) is 0 Å². The van der Waals surface area contributed by atoms with E-state index in [-0.39, 0.29) is 5.41 Å². The van der Waals surface area contributed by atoms with Crippen LogP contribution in [0.4, 0.5) is 5.82 Å². The number of hydrogen-bond acceptors (Lipinski definition) is 4. The summed E-state index contributed by atoms with van der Waals surface area (Å²) >= 11 is 3.51. The third kappa shape index (κ3) is 3.66. The van der Waals surface area contributed by atoms with Gasteiger partial charge >= 0.3 is 0 Å². The van der Waals surface area contributed by atoms with E-state index in [9.17, 15) is 0 Å². The molecule has 1 aromatic heterocycles. The Morgan fingerprint density at radius 2 is 1.79 bits per heavy atom. The van der Waals surface area contributed by atoms with Crippen molar-refractivity contribution in [1.29, 1.82) is 0 Å². The highest BCUT2D eigenvalue weighted by Crippen LogP contribution is 2.24. The highest BCUT2D eigenvalue weighted by molar-refractivity contribution is 9.10. The first-order valence-electron chi connectivity index (χ1n) is 6.92. The molecule has 1 saturated heterocycles. The standard InChI is InChI=1S/C14H23BrN4/c1-5-18-6-8-19(9-7-18)12-10-11(15)16-13(17-12)14(2,3)4/h10H,5-9H2,1-4H3. The molecule has 1 fully saturated rings. The summed E-state index contributed by atoms with van der Waals surface area (Å²) in [4.78, 5) is 14.1. The highest BCUT2D eigenvalue weighted by Gasteiger charge is 2.22. The van der Waals surface area contributed by atoms with Crippen LogP contribution in [0, 0.1) is 0 Å². The lowest BCUT2D eigenvalue weighted by Crippen LogP contribution is -2.46. The fourth-order valence-corrected chi connectivity index (χ4v) is 2.57. The van der Waals surface area contributed by atoms with Crippen LogP contribution in [0.3, 0.4) is 0 Å². The minimum Gasteiger partial charge on any atom is -0.354 e. The Labute approximate surface area is 124 Å². The summed E-state index contributed by atoms with van der Waals surface area (Å²) in [6.07, 6.45) is 0. The van der Waals surface area contributed by atoms with Crippen LogP contribution < -0.4 is 4.90 Å². The lowest BCUT2D eigenvalue weighted by atomic mass is 9.96. The second-order valence-electron chi connectivity index (χ2n) is 6.04. The Bertz CT molecular complexity index is 434. The smallest absolute Gasteiger partial charge is 0.137 e. The molecule has 0 aliphatic carbocycles. The zero-order chi connectivity index (χ0) is 14.0. The quantitative estimate of drug-likeness (QED) is 0.782. The van der Waals surface area contributed by atoms with Crippen molar-refractivity contribution >= 4 is 21.7 Å². The third-order valence-electron chi connectivity index (χ3n) is 3.50. The predicted octanol–water partition coefficient (Wildman–Crippen LogP) is 2.68. The highest BCUT2D eigenvalue weighted by atomic mass is 79.9. The SMILES string of the molecule is CCN1CCN(c2cc(Br)nc(C(C)(C)C)n2)CC1. The first-order chi connectivity index (χ1) is 8.90. The summed E-state index contributed by atoms with van der Waals surface area (Å²) in [5, 5.41) is 0. The van der Waals surface area contributed by atoms with E-state index in [0.717, 1.165) is 49.0 Å². The van der Waals surface area contributed by atoms with Crippen molar-refractivity contribution in [2.45, 2.75) is 33.1 Å². The molecule has 0 radical (unpaired) electrons. The summed E-state index contributed by atoms with van der Waals surface area (Å²) in [6.45, 7) is 14.1. The summed E-state index contributed by atoms with van der Waals surface area (Å²) in [5.41, 5.74) is -0.0240. The van der Waals surface area contributed by atoms with Gasteiger partial charge in [-0.25, -0.2) is 9.97 Å². The Hall–Kier alpha value is -0.680. The molecule has 1 aromatic rings. The molecule has 1 aliphatic heterocycles. The van der Waals surface area contributed by atoms with Crippen molar-refractivity contribution in [2.24, 2.45) is 0 Å². The molecule has 0 N–H and O–H groups in total. The zero-order valence-electron chi connectivity index (χ0n) is 12.3. The second kappa shape index (κ2) is 5.75. The van der Waals surface area contributed by atoms with Crippen molar-refractivity contribution in [3.05, 3.63) is 16.5 Å². The minimum absolute atomic E-state index is 0.0240. The molecule has 4 nitrogen and oxygen atoms in total. The normalized spacial score (nSPS) is 17.8. The maximum Gasteiger partial charge on any atom is 0.137 e. The van der Waals surface area contributed by atoms with Crippen LogP contribution >= 0.6 is 15.9 Å². The molecule has 1 aliphatic rings. The Morgan fingerprint density at radius 3 is 2.32 bits per heavy atom. The van der Waals surface area contributed by atoms with Gasteiger partial charge in [0, 0.05) is 37.7 Å². The van der Waals surface area contributed by atoms with Gasteiger partial charge in [-0.3, -0.25) is 0 Å². The molecule has 0 saturated carbocycles. The summed E-state index contributed by atoms with van der Waals surface area (Å²) in [5.74, 6) is 1.94. The Morgan fingerprint density at radius 1 is 1.16 bits per heavy atom. The molecule has 0 amide bonds. The molecule has 19 heavy (non-hydrogen) atoms. The largest absolute Gasteiger partial charge is 0.354 e. The molecule has 0 bridgehead atoms. The number of halogens is 1. The zero-order valence-corrected chi connectivity index (χ0v) is 13.9. The lowest BCUT2D eigenvalue weighted by Gasteiger charge is -2.35. The van der Waals surface area contributed by atoms with Crippen LogP contribution in [0.1, 0.15) is 33.5 Å². The lowest BCUT2D eigenvalue weighted by molar-refractivity contribution is 0.270. The monoisotopic (exact) mass is 326 g/mol. The van der Waals surface area contributed by atoms with E-state index >= 15 is 0 Å². The van der Waals surface area contributed by atoms with Gasteiger partial charge in [0.2, 0.25) is 0 Å². The van der Waals surface area contributed by atoms with E-state index < -0.39 is 0 Å². The van der Waals surface area contributed by atoms with Crippen LogP contribution in [0.15, 0.2) is 10.7 Å². The van der Waals surface area contributed by atoms with Crippen LogP contribution in [0.25, 0.3) is 0 Å². The van der Waals surface area contributed by atoms with Crippen molar-refractivity contribution in [1.82, 2.24) is 14.9 Å². The first-order valence-corrected chi connectivity index (χ1v) is 7.72. The average Bonchev–Trinajstić information content (AvgIpc) is 2.37. The second-order valence-corrected chi connectivity index (χ2v) is 6.86. The molecule has 0 unspecified atom stereocenters. The number of likely N-dealkylation sites (N-methyl/N-ethyl adjacent to an activating group) is 1. The Balaban J connectivity index is 2.19. The van der Waals surface area contributed by atoms with Gasteiger partial charge in [-0.05, 0) is 22.5 Å². The van der Waals surface area contributed by atoms with Crippen LogP contribution in [-0.4, -0.2) is 47.6 Å². The van der Waals surface area contributed by atoms with E-state index in [1.54, 1.807) is 0 Å². The van der Waals surface area contributed by atoms with Gasteiger partial charge in [0.25, 0.3) is 0 Å². The molecule has 0 aromatic carbocycles. The Kier molecular flexibility index (Phi) is 4.46. The van der Waals surface area contributed by atoms with Crippen LogP contribution in [0.5, 0.6) is 0 Å². The molecular weight excluding hydrogens is 304 g/mol. The maximum atomic E-state index is 4.75. The van der Waals surface area contributed by atoms with Crippen molar-refractivity contribution < 1.29 is 0 Å². The topological polar surface area (TPSA) is 32.3 Å². The molecule has 0 spiro atoms. The average molecular weight is 327 g/mol. The van der Waals surface area contributed by atoms with E-state index in [4.69, 9.17) is 4.98 Å². The number of nitrogens with zero attached hydrogens (tertiary/aromatic N) is 4. The van der Waals surface area contributed by atoms with Crippen molar-refractivity contribution in [3.63, 3.8) is 0 Å². The van der Waals surface area contributed by atoms with Crippen molar-refractivity contribution in [2.75, 3.05) is 37.6 Å². The molecule has 0 atom stereocenters. The maximum absolute atomic E-state index is 4.75. The van der Waals surface area contributed by atoms with E-state index in [1.807, 2.05) is 6.07 Å². The van der Waals surface area contributed by atoms with E-state index in [0.29, 0.717) is 0 Å². The van der Waals surface area contributed by atoms with E-state index in [1.165, 1.54) is 0 Å². The molecule has 2 rings (SSSR count). The first kappa shape index (κ1) is 14.7. The van der Waals surface area contributed by atoms with Gasteiger partial charge in [0.1, 0.15) is 16.2 Å². The number of anilines is 1. The van der Waals surface area contributed by atoms with Crippen LogP contribution in [-0.2, 0) is 5.41 Å². The number of aromatic nitrogens is 2. The summed E-state index contributed by atoms with van der Waals surface area (Å²) < 4.78 is 0.875. The number of hydrogen-bond donors (Lipinski definition) is 0. The van der Waals surface area contributed by atoms with Gasteiger partial charge in [-0.1, -0.05) is 27.7 Å². The molecular formula is C14H23BrN4. The molecule has 5 heteroatoms. The number of piperazine rings is 1. The van der Waals surface area contributed by atoms with Gasteiger partial charge in [-0.15, -0.1) is 0 Å². The molecule has 2 heterocycles. The fraction of sp³-hybridized carbons (Fsp3) is 0.714. The fourth-order valence-electron chi connectivity index (χ4n) is 2.20. The predicted molar refractivity (Wildman–Crippen MR) is 82.8 cm³/mol. The summed E-state index contributed by atoms with van der Waals surface area (Å²) in [6, 6.07) is 2.02. The van der Waals surface area contributed by atoms with Crippen molar-refractivity contribution in [3.8, 4) is 0 Å². The molecule has 106 valence electrons. The minimum atomic E-state index is -0.0240. The van der Waals surface area contributed by atoms with E-state index in [2.05, 4.69) is 58.4 Å². The van der Waals surface area contributed by atoms with Gasteiger partial charge < -0.3 is 9.80 Å². The third-order valence-corrected chi connectivity index (χ3v) is 3.90. The van der Waals surface area contributed by atoms with Gasteiger partial charge in [0.05, 0.1) is 0 Å².